The molecule has 100 valence electrons. The van der Waals surface area contributed by atoms with Crippen LogP contribution in [-0.4, -0.2) is 34.7 Å². The van der Waals surface area contributed by atoms with Gasteiger partial charge in [0.2, 0.25) is 11.8 Å². The van der Waals surface area contributed by atoms with Crippen LogP contribution < -0.4 is 16.4 Å². The zero-order valence-corrected chi connectivity index (χ0v) is 10.8. The Morgan fingerprint density at radius 1 is 1.50 bits per heavy atom. The molecule has 18 heavy (non-hydrogen) atoms. The average molecular weight is 253 g/mol. The van der Waals surface area contributed by atoms with E-state index >= 15 is 0 Å². The van der Waals surface area contributed by atoms with Gasteiger partial charge in [-0.05, 0) is 5.92 Å². The van der Waals surface area contributed by atoms with E-state index in [1.807, 2.05) is 13.8 Å². The number of carbonyl (C=O) groups is 2. The van der Waals surface area contributed by atoms with E-state index in [4.69, 9.17) is 5.73 Å². The Balaban J connectivity index is 2.59. The lowest BCUT2D eigenvalue weighted by molar-refractivity contribution is -0.121. The lowest BCUT2D eigenvalue weighted by atomic mass is 10.1. The number of hydrogen-bond acceptors (Lipinski definition) is 4. The summed E-state index contributed by atoms with van der Waals surface area (Å²) in [5.74, 6) is -0.356. The Kier molecular flexibility index (Phi) is 4.85. The fourth-order valence-electron chi connectivity index (χ4n) is 1.27. The zero-order chi connectivity index (χ0) is 13.7. The van der Waals surface area contributed by atoms with Crippen LogP contribution in [0.15, 0.2) is 12.4 Å². The highest BCUT2D eigenvalue weighted by molar-refractivity contribution is 5.94. The Bertz CT molecular complexity index is 427. The van der Waals surface area contributed by atoms with Crippen LogP contribution in [0.3, 0.4) is 0 Å². The highest BCUT2D eigenvalue weighted by Gasteiger charge is 2.17. The SMILES string of the molecule is CNC(=O)Cn1cc(NC(=O)C(N)C(C)C)cn1. The summed E-state index contributed by atoms with van der Waals surface area (Å²) in [6.07, 6.45) is 3.06. The average Bonchev–Trinajstić information content (AvgIpc) is 2.74. The van der Waals surface area contributed by atoms with Crippen molar-refractivity contribution in [3.8, 4) is 0 Å². The number of likely N-dealkylation sites (N-methyl/N-ethyl adjacent to an activating group) is 1. The van der Waals surface area contributed by atoms with Crippen molar-refractivity contribution in [1.29, 1.82) is 0 Å². The second-order valence-corrected chi connectivity index (χ2v) is 4.36. The number of rotatable bonds is 5. The van der Waals surface area contributed by atoms with E-state index in [9.17, 15) is 9.59 Å². The van der Waals surface area contributed by atoms with Gasteiger partial charge in [-0.1, -0.05) is 13.8 Å². The molecule has 0 aliphatic heterocycles. The molecule has 7 nitrogen and oxygen atoms in total. The monoisotopic (exact) mass is 253 g/mol. The van der Waals surface area contributed by atoms with Gasteiger partial charge < -0.3 is 16.4 Å². The number of carbonyl (C=O) groups excluding carboxylic acids is 2. The molecule has 1 heterocycles. The number of amides is 2. The predicted octanol–water partition coefficient (Wildman–Crippen LogP) is -0.449. The minimum Gasteiger partial charge on any atom is -0.358 e. The molecular weight excluding hydrogens is 234 g/mol. The Morgan fingerprint density at radius 3 is 2.72 bits per heavy atom. The molecule has 0 aromatic carbocycles. The van der Waals surface area contributed by atoms with Crippen molar-refractivity contribution in [2.75, 3.05) is 12.4 Å². The fraction of sp³-hybridized carbons (Fsp3) is 0.545. The van der Waals surface area contributed by atoms with Gasteiger partial charge in [0.1, 0.15) is 6.54 Å². The number of nitrogens with two attached hydrogens (primary N) is 1. The van der Waals surface area contributed by atoms with Gasteiger partial charge in [-0.15, -0.1) is 0 Å². The van der Waals surface area contributed by atoms with Crippen LogP contribution in [0.4, 0.5) is 5.69 Å². The van der Waals surface area contributed by atoms with Crippen LogP contribution in [0, 0.1) is 5.92 Å². The van der Waals surface area contributed by atoms with Crippen LogP contribution in [0.2, 0.25) is 0 Å². The summed E-state index contributed by atoms with van der Waals surface area (Å²) in [5.41, 5.74) is 6.24. The molecule has 0 fully saturated rings. The molecule has 0 saturated carbocycles. The molecule has 1 aromatic rings. The van der Waals surface area contributed by atoms with Gasteiger partial charge in [0.05, 0.1) is 17.9 Å². The summed E-state index contributed by atoms with van der Waals surface area (Å²) in [5, 5.41) is 9.11. The fourth-order valence-corrected chi connectivity index (χ4v) is 1.27. The summed E-state index contributed by atoms with van der Waals surface area (Å²) in [7, 11) is 1.55. The van der Waals surface area contributed by atoms with Crippen molar-refractivity contribution in [3.05, 3.63) is 12.4 Å². The van der Waals surface area contributed by atoms with E-state index < -0.39 is 6.04 Å². The molecule has 0 spiro atoms. The maximum absolute atomic E-state index is 11.7. The molecule has 0 saturated heterocycles. The first-order valence-corrected chi connectivity index (χ1v) is 5.73. The van der Waals surface area contributed by atoms with Gasteiger partial charge in [-0.2, -0.15) is 5.10 Å². The van der Waals surface area contributed by atoms with Crippen molar-refractivity contribution in [2.45, 2.75) is 26.4 Å². The molecule has 2 amide bonds. The molecule has 4 N–H and O–H groups in total. The Labute approximate surface area is 106 Å². The molecule has 1 atom stereocenters. The highest BCUT2D eigenvalue weighted by Crippen LogP contribution is 2.07. The van der Waals surface area contributed by atoms with Crippen molar-refractivity contribution >= 4 is 17.5 Å². The van der Waals surface area contributed by atoms with Gasteiger partial charge in [0, 0.05) is 13.2 Å². The molecule has 1 unspecified atom stereocenters. The molecule has 0 bridgehead atoms. The van der Waals surface area contributed by atoms with Crippen LogP contribution in [0.25, 0.3) is 0 Å². The van der Waals surface area contributed by atoms with Crippen LogP contribution in [0.1, 0.15) is 13.8 Å². The van der Waals surface area contributed by atoms with E-state index in [1.165, 1.54) is 10.9 Å². The molecule has 0 aliphatic carbocycles. The van der Waals surface area contributed by atoms with Crippen LogP contribution >= 0.6 is 0 Å². The third-order valence-corrected chi connectivity index (χ3v) is 2.51. The lowest BCUT2D eigenvalue weighted by Crippen LogP contribution is -2.39. The van der Waals surface area contributed by atoms with Crippen LogP contribution in [0.5, 0.6) is 0 Å². The smallest absolute Gasteiger partial charge is 0.241 e. The zero-order valence-electron chi connectivity index (χ0n) is 10.8. The Morgan fingerprint density at radius 2 is 2.17 bits per heavy atom. The second-order valence-electron chi connectivity index (χ2n) is 4.36. The van der Waals surface area contributed by atoms with Crippen molar-refractivity contribution in [3.63, 3.8) is 0 Å². The number of nitrogens with one attached hydrogen (secondary N) is 2. The van der Waals surface area contributed by atoms with E-state index in [0.717, 1.165) is 0 Å². The van der Waals surface area contributed by atoms with Crippen molar-refractivity contribution < 1.29 is 9.59 Å². The molecule has 7 heteroatoms. The first-order valence-electron chi connectivity index (χ1n) is 5.73. The van der Waals surface area contributed by atoms with Gasteiger partial charge in [0.15, 0.2) is 0 Å². The van der Waals surface area contributed by atoms with E-state index in [1.54, 1.807) is 13.2 Å². The summed E-state index contributed by atoms with van der Waals surface area (Å²) in [6.45, 7) is 3.86. The summed E-state index contributed by atoms with van der Waals surface area (Å²) >= 11 is 0. The topological polar surface area (TPSA) is 102 Å². The Hall–Kier alpha value is -1.89. The third-order valence-electron chi connectivity index (χ3n) is 2.51. The van der Waals surface area contributed by atoms with Gasteiger partial charge in [-0.25, -0.2) is 0 Å². The van der Waals surface area contributed by atoms with E-state index in [0.29, 0.717) is 5.69 Å². The van der Waals surface area contributed by atoms with Crippen molar-refractivity contribution in [2.24, 2.45) is 11.7 Å². The van der Waals surface area contributed by atoms with Gasteiger partial charge in [-0.3, -0.25) is 14.3 Å². The minimum absolute atomic E-state index is 0.0610. The number of hydrogen-bond donors (Lipinski definition) is 3. The second kappa shape index (κ2) is 6.15. The first kappa shape index (κ1) is 14.2. The molecule has 0 radical (unpaired) electrons. The maximum atomic E-state index is 11.7. The molecular formula is C11H19N5O2. The third kappa shape index (κ3) is 3.85. The number of aromatic nitrogens is 2. The largest absolute Gasteiger partial charge is 0.358 e. The minimum atomic E-state index is -0.563. The summed E-state index contributed by atoms with van der Waals surface area (Å²) in [4.78, 5) is 22.8. The first-order chi connectivity index (χ1) is 8.43. The summed E-state index contributed by atoms with van der Waals surface area (Å²) in [6, 6.07) is -0.563. The van der Waals surface area contributed by atoms with Gasteiger partial charge in [0.25, 0.3) is 0 Å². The lowest BCUT2D eigenvalue weighted by Gasteiger charge is -2.14. The molecule has 0 aliphatic rings. The van der Waals surface area contributed by atoms with Gasteiger partial charge >= 0.3 is 0 Å². The molecule has 1 rings (SSSR count). The number of nitrogens with zero attached hydrogens (tertiary/aromatic N) is 2. The van der Waals surface area contributed by atoms with Crippen molar-refractivity contribution in [1.82, 2.24) is 15.1 Å². The van der Waals surface area contributed by atoms with E-state index in [-0.39, 0.29) is 24.3 Å². The maximum Gasteiger partial charge on any atom is 0.241 e. The quantitative estimate of drug-likeness (QED) is 0.661. The normalized spacial score (nSPS) is 12.3. The standard InChI is InChI=1S/C11H19N5O2/c1-7(2)10(12)11(18)15-8-4-14-16(5-8)6-9(17)13-3/h4-5,7,10H,6,12H2,1-3H3,(H,13,17)(H,15,18). The van der Waals surface area contributed by atoms with E-state index in [2.05, 4.69) is 15.7 Å². The highest BCUT2D eigenvalue weighted by atomic mass is 16.2. The van der Waals surface area contributed by atoms with Crippen LogP contribution in [-0.2, 0) is 16.1 Å². The number of anilines is 1. The summed E-state index contributed by atoms with van der Waals surface area (Å²) < 4.78 is 1.44. The predicted molar refractivity (Wildman–Crippen MR) is 67.7 cm³/mol. The molecule has 1 aromatic heterocycles.